The first kappa shape index (κ1) is 16.8. The van der Waals surface area contributed by atoms with Crippen LogP contribution in [0.3, 0.4) is 0 Å². The van der Waals surface area contributed by atoms with Gasteiger partial charge in [0.05, 0.1) is 13.2 Å². The van der Waals surface area contributed by atoms with Gasteiger partial charge < -0.3 is 19.2 Å². The number of ether oxygens (including phenoxy) is 2. The van der Waals surface area contributed by atoms with Crippen LogP contribution in [0, 0.1) is 6.92 Å². The Morgan fingerprint density at radius 1 is 1.12 bits per heavy atom. The average Bonchev–Trinajstić information content (AvgIpc) is 3.01. The van der Waals surface area contributed by atoms with E-state index in [-0.39, 0.29) is 5.91 Å². The van der Waals surface area contributed by atoms with Crippen LogP contribution >= 0.6 is 0 Å². The van der Waals surface area contributed by atoms with Gasteiger partial charge in [-0.15, -0.1) is 0 Å². The molecule has 0 fully saturated rings. The lowest BCUT2D eigenvalue weighted by molar-refractivity contribution is 0.102. The van der Waals surface area contributed by atoms with Crippen LogP contribution in [0.1, 0.15) is 29.9 Å². The zero-order chi connectivity index (χ0) is 17.8. The number of hydrogen-bond donors (Lipinski definition) is 1. The van der Waals surface area contributed by atoms with E-state index >= 15 is 0 Å². The Bertz CT molecular complexity index is 902. The molecular formula is C19H21N3O3. The first-order chi connectivity index (χ1) is 12.1. The SMILES string of the molecule is CCOc1ccc(NC(=O)c2cn3ccc(C)cc3n2)cc1OCC. The summed E-state index contributed by atoms with van der Waals surface area (Å²) in [5, 5.41) is 2.85. The van der Waals surface area contributed by atoms with E-state index in [1.807, 2.05) is 43.5 Å². The second kappa shape index (κ2) is 7.25. The molecule has 0 atom stereocenters. The fourth-order valence-corrected chi connectivity index (χ4v) is 2.52. The molecule has 1 N–H and O–H groups in total. The molecule has 6 heteroatoms. The Balaban J connectivity index is 1.82. The van der Waals surface area contributed by atoms with Crippen molar-refractivity contribution in [3.05, 3.63) is 54.0 Å². The molecule has 3 aromatic rings. The largest absolute Gasteiger partial charge is 0.490 e. The number of nitrogens with one attached hydrogen (secondary N) is 1. The minimum Gasteiger partial charge on any atom is -0.490 e. The number of hydrogen-bond acceptors (Lipinski definition) is 4. The number of fused-ring (bicyclic) bond motifs is 1. The normalized spacial score (nSPS) is 10.7. The van der Waals surface area contributed by atoms with E-state index in [0.717, 1.165) is 11.2 Å². The van der Waals surface area contributed by atoms with Gasteiger partial charge in [0.25, 0.3) is 5.91 Å². The van der Waals surface area contributed by atoms with Crippen molar-refractivity contribution >= 4 is 17.2 Å². The monoisotopic (exact) mass is 339 g/mol. The lowest BCUT2D eigenvalue weighted by Gasteiger charge is -2.12. The van der Waals surface area contributed by atoms with E-state index in [1.165, 1.54) is 0 Å². The molecule has 0 saturated carbocycles. The summed E-state index contributed by atoms with van der Waals surface area (Å²) in [6.45, 7) is 6.87. The average molecular weight is 339 g/mol. The number of imidazole rings is 1. The molecule has 0 spiro atoms. The van der Waals surface area contributed by atoms with Crippen molar-refractivity contribution < 1.29 is 14.3 Å². The molecule has 0 aliphatic heterocycles. The highest BCUT2D eigenvalue weighted by atomic mass is 16.5. The molecule has 1 amide bonds. The number of amides is 1. The van der Waals surface area contributed by atoms with Gasteiger partial charge in [0.1, 0.15) is 11.3 Å². The molecule has 0 radical (unpaired) electrons. The maximum Gasteiger partial charge on any atom is 0.275 e. The van der Waals surface area contributed by atoms with Crippen LogP contribution in [0.2, 0.25) is 0 Å². The summed E-state index contributed by atoms with van der Waals surface area (Å²) in [4.78, 5) is 16.9. The van der Waals surface area contributed by atoms with Crippen molar-refractivity contribution in [2.24, 2.45) is 0 Å². The maximum absolute atomic E-state index is 12.5. The van der Waals surface area contributed by atoms with Gasteiger partial charge >= 0.3 is 0 Å². The van der Waals surface area contributed by atoms with Crippen LogP contribution in [-0.4, -0.2) is 28.5 Å². The molecule has 1 aromatic carbocycles. The molecule has 2 aromatic heterocycles. The summed E-state index contributed by atoms with van der Waals surface area (Å²) < 4.78 is 12.9. The van der Waals surface area contributed by atoms with Crippen LogP contribution < -0.4 is 14.8 Å². The highest BCUT2D eigenvalue weighted by Crippen LogP contribution is 2.30. The van der Waals surface area contributed by atoms with Crippen molar-refractivity contribution in [2.45, 2.75) is 20.8 Å². The molecule has 0 saturated heterocycles. The van der Waals surface area contributed by atoms with Gasteiger partial charge in [-0.3, -0.25) is 4.79 Å². The van der Waals surface area contributed by atoms with Crippen LogP contribution in [0.4, 0.5) is 5.69 Å². The quantitative estimate of drug-likeness (QED) is 0.744. The predicted molar refractivity (Wildman–Crippen MR) is 96.7 cm³/mol. The Labute approximate surface area is 146 Å². The van der Waals surface area contributed by atoms with Gasteiger partial charge in [0, 0.05) is 24.1 Å². The fourth-order valence-electron chi connectivity index (χ4n) is 2.52. The van der Waals surface area contributed by atoms with E-state index in [0.29, 0.717) is 36.1 Å². The van der Waals surface area contributed by atoms with Gasteiger partial charge in [0.15, 0.2) is 11.5 Å². The first-order valence-corrected chi connectivity index (χ1v) is 8.27. The van der Waals surface area contributed by atoms with Crippen LogP contribution in [0.15, 0.2) is 42.7 Å². The van der Waals surface area contributed by atoms with E-state index in [4.69, 9.17) is 9.47 Å². The molecule has 0 unspecified atom stereocenters. The maximum atomic E-state index is 12.5. The van der Waals surface area contributed by atoms with Crippen molar-refractivity contribution in [1.82, 2.24) is 9.38 Å². The van der Waals surface area contributed by atoms with E-state index < -0.39 is 0 Å². The van der Waals surface area contributed by atoms with Gasteiger partial charge in [0.2, 0.25) is 0 Å². The van der Waals surface area contributed by atoms with Crippen LogP contribution in [0.5, 0.6) is 11.5 Å². The summed E-state index contributed by atoms with van der Waals surface area (Å²) in [6, 6.07) is 9.23. The third-order valence-electron chi connectivity index (χ3n) is 3.65. The number of rotatable bonds is 6. The second-order valence-corrected chi connectivity index (χ2v) is 5.58. The van der Waals surface area contributed by atoms with Gasteiger partial charge in [-0.1, -0.05) is 0 Å². The topological polar surface area (TPSA) is 64.9 Å². The van der Waals surface area contributed by atoms with Crippen LogP contribution in [0.25, 0.3) is 5.65 Å². The molecule has 6 nitrogen and oxygen atoms in total. The Hall–Kier alpha value is -3.02. The summed E-state index contributed by atoms with van der Waals surface area (Å²) in [7, 11) is 0. The van der Waals surface area contributed by atoms with Crippen molar-refractivity contribution in [3.63, 3.8) is 0 Å². The predicted octanol–water partition coefficient (Wildman–Crippen LogP) is 3.69. The number of aromatic nitrogens is 2. The van der Waals surface area contributed by atoms with E-state index in [2.05, 4.69) is 10.3 Å². The Kier molecular flexibility index (Phi) is 4.88. The molecule has 0 aliphatic carbocycles. The summed E-state index contributed by atoms with van der Waals surface area (Å²) in [5.41, 5.74) is 2.83. The minimum absolute atomic E-state index is 0.270. The number of carbonyl (C=O) groups excluding carboxylic acids is 1. The first-order valence-electron chi connectivity index (χ1n) is 8.27. The van der Waals surface area contributed by atoms with Crippen LogP contribution in [-0.2, 0) is 0 Å². The summed E-state index contributed by atoms with van der Waals surface area (Å²) >= 11 is 0. The van der Waals surface area contributed by atoms with E-state index in [1.54, 1.807) is 24.4 Å². The van der Waals surface area contributed by atoms with Gasteiger partial charge in [-0.05, 0) is 50.6 Å². The zero-order valence-electron chi connectivity index (χ0n) is 14.6. The Morgan fingerprint density at radius 3 is 2.64 bits per heavy atom. The lowest BCUT2D eigenvalue weighted by Crippen LogP contribution is -2.12. The number of carbonyl (C=O) groups is 1. The van der Waals surface area contributed by atoms with Gasteiger partial charge in [-0.25, -0.2) is 4.98 Å². The molecule has 25 heavy (non-hydrogen) atoms. The number of anilines is 1. The molecule has 2 heterocycles. The zero-order valence-corrected chi connectivity index (χ0v) is 14.6. The minimum atomic E-state index is -0.270. The smallest absolute Gasteiger partial charge is 0.275 e. The van der Waals surface area contributed by atoms with Gasteiger partial charge in [-0.2, -0.15) is 0 Å². The van der Waals surface area contributed by atoms with Crippen molar-refractivity contribution in [2.75, 3.05) is 18.5 Å². The number of benzene rings is 1. The Morgan fingerprint density at radius 2 is 1.88 bits per heavy atom. The molecular weight excluding hydrogens is 318 g/mol. The third kappa shape index (κ3) is 3.74. The molecule has 3 rings (SSSR count). The third-order valence-corrected chi connectivity index (χ3v) is 3.65. The van der Waals surface area contributed by atoms with Crippen molar-refractivity contribution in [1.29, 1.82) is 0 Å². The standard InChI is InChI=1S/C19H21N3O3/c1-4-24-16-7-6-14(11-17(16)25-5-2)20-19(23)15-12-22-9-8-13(3)10-18(22)21-15/h6-12H,4-5H2,1-3H3,(H,20,23). The lowest BCUT2D eigenvalue weighted by atomic mass is 10.2. The number of pyridine rings is 1. The van der Waals surface area contributed by atoms with Crippen molar-refractivity contribution in [3.8, 4) is 11.5 Å². The molecule has 0 bridgehead atoms. The molecule has 0 aliphatic rings. The highest BCUT2D eigenvalue weighted by Gasteiger charge is 2.13. The van der Waals surface area contributed by atoms with E-state index in [9.17, 15) is 4.79 Å². The highest BCUT2D eigenvalue weighted by molar-refractivity contribution is 6.03. The molecule has 130 valence electrons. The summed E-state index contributed by atoms with van der Waals surface area (Å²) in [6.07, 6.45) is 3.60. The second-order valence-electron chi connectivity index (χ2n) is 5.58. The summed E-state index contributed by atoms with van der Waals surface area (Å²) in [5.74, 6) is 0.992. The fraction of sp³-hybridized carbons (Fsp3) is 0.263. The number of aryl methyl sites for hydroxylation is 1. The number of nitrogens with zero attached hydrogens (tertiary/aromatic N) is 2.